The zero-order valence-corrected chi connectivity index (χ0v) is 21.1. The van der Waals surface area contributed by atoms with Crippen molar-refractivity contribution >= 4 is 28.6 Å². The maximum Gasteiger partial charge on any atom is 0.222 e. The van der Waals surface area contributed by atoms with Crippen molar-refractivity contribution in [1.29, 1.82) is 0 Å². The first kappa shape index (κ1) is 23.0. The summed E-state index contributed by atoms with van der Waals surface area (Å²) in [4.78, 5) is 12.2. The molecule has 2 atom stereocenters. The normalized spacial score (nSPS) is 21.9. The number of fused-ring (bicyclic) bond motifs is 3. The average Bonchev–Trinajstić information content (AvgIpc) is 3.31. The van der Waals surface area contributed by atoms with Gasteiger partial charge in [0.05, 0.1) is 0 Å². The summed E-state index contributed by atoms with van der Waals surface area (Å²) < 4.78 is 16.3. The molecule has 2 N–H and O–H groups in total. The van der Waals surface area contributed by atoms with Crippen molar-refractivity contribution in [2.45, 2.75) is 64.4 Å². The Hall–Kier alpha value is -2.73. The molecule has 3 aromatic rings. The van der Waals surface area contributed by atoms with Crippen LogP contribution >= 0.6 is 11.8 Å². The minimum Gasteiger partial charge on any atom is -0.370 e. The van der Waals surface area contributed by atoms with Crippen LogP contribution in [0.15, 0.2) is 53.6 Å². The highest BCUT2D eigenvalue weighted by molar-refractivity contribution is 8.03. The number of hydrogen-bond donors (Lipinski definition) is 2. The van der Waals surface area contributed by atoms with Gasteiger partial charge in [0.25, 0.3) is 0 Å². The Morgan fingerprint density at radius 1 is 1.29 bits per heavy atom. The molecule has 0 fully saturated rings. The molecule has 0 saturated heterocycles. The van der Waals surface area contributed by atoms with Crippen molar-refractivity contribution in [2.24, 2.45) is 5.92 Å². The molecule has 5 rings (SSSR count). The van der Waals surface area contributed by atoms with Crippen molar-refractivity contribution < 1.29 is 9.18 Å². The number of allylic oxidation sites excluding steroid dienone is 1. The van der Waals surface area contributed by atoms with Crippen LogP contribution < -0.4 is 10.6 Å². The van der Waals surface area contributed by atoms with Crippen molar-refractivity contribution in [3.05, 3.63) is 81.8 Å². The number of halogens is 1. The number of nitrogens with one attached hydrogen (secondary N) is 2. The van der Waals surface area contributed by atoms with Crippen LogP contribution in [0.4, 0.5) is 4.39 Å². The molecule has 0 spiro atoms. The van der Waals surface area contributed by atoms with E-state index in [2.05, 4.69) is 52.7 Å². The third-order valence-corrected chi connectivity index (χ3v) is 8.31. The molecule has 1 aliphatic heterocycles. The summed E-state index contributed by atoms with van der Waals surface area (Å²) in [5.74, 6) is -0.122. The van der Waals surface area contributed by atoms with Crippen LogP contribution in [-0.4, -0.2) is 16.5 Å². The molecule has 0 saturated carbocycles. The van der Waals surface area contributed by atoms with Gasteiger partial charge in [-0.15, -0.1) is 0 Å². The molecular formula is C28H32FN3OS. The standard InChI is InChI=1S/C28H32FN3OS/c1-17(2)27(33)30-22-9-11-26-24(14-22)23-13-20(28(4)31-18(3)16-34-28)8-10-25(23)32(26)15-19-6-5-7-21(29)12-19/h5-8,10,12-13,16-17,22,31H,9,11,14-15H2,1-4H3,(H,30,33)/t22-,28?/m1/s1. The summed E-state index contributed by atoms with van der Waals surface area (Å²) >= 11 is 1.80. The highest BCUT2D eigenvalue weighted by Gasteiger charge is 2.32. The van der Waals surface area contributed by atoms with Crippen molar-refractivity contribution in [2.75, 3.05) is 0 Å². The van der Waals surface area contributed by atoms with Crippen LogP contribution in [0.25, 0.3) is 10.9 Å². The van der Waals surface area contributed by atoms with Gasteiger partial charge in [-0.3, -0.25) is 4.79 Å². The van der Waals surface area contributed by atoms with E-state index >= 15 is 0 Å². The molecule has 1 unspecified atom stereocenters. The molecule has 4 nitrogen and oxygen atoms in total. The molecule has 178 valence electrons. The number of benzene rings is 2. The number of hydrogen-bond acceptors (Lipinski definition) is 3. The van der Waals surface area contributed by atoms with Gasteiger partial charge in [0.1, 0.15) is 10.7 Å². The Morgan fingerprint density at radius 3 is 2.82 bits per heavy atom. The van der Waals surface area contributed by atoms with Crippen molar-refractivity contribution in [3.63, 3.8) is 0 Å². The van der Waals surface area contributed by atoms with E-state index in [1.165, 1.54) is 39.5 Å². The lowest BCUT2D eigenvalue weighted by atomic mass is 9.90. The number of carbonyl (C=O) groups excluding carboxylic acids is 1. The van der Waals surface area contributed by atoms with Crippen LogP contribution in [0.5, 0.6) is 0 Å². The molecule has 0 radical (unpaired) electrons. The Kier molecular flexibility index (Phi) is 5.96. The first-order valence-electron chi connectivity index (χ1n) is 12.1. The lowest BCUT2D eigenvalue weighted by Crippen LogP contribution is -2.41. The van der Waals surface area contributed by atoms with E-state index in [1.54, 1.807) is 23.9 Å². The zero-order valence-electron chi connectivity index (χ0n) is 20.2. The van der Waals surface area contributed by atoms with Gasteiger partial charge in [-0.25, -0.2) is 4.39 Å². The fourth-order valence-electron chi connectivity index (χ4n) is 5.22. The minimum absolute atomic E-state index is 0.0246. The molecule has 6 heteroatoms. The first-order valence-corrected chi connectivity index (χ1v) is 12.9. The molecule has 0 bridgehead atoms. The summed E-state index contributed by atoms with van der Waals surface area (Å²) in [7, 11) is 0. The average molecular weight is 478 g/mol. The third-order valence-electron chi connectivity index (χ3n) is 7.03. The summed E-state index contributed by atoms with van der Waals surface area (Å²) in [6.07, 6.45) is 2.62. The second-order valence-electron chi connectivity index (χ2n) is 10.1. The van der Waals surface area contributed by atoms with Gasteiger partial charge >= 0.3 is 0 Å². The van der Waals surface area contributed by atoms with Gasteiger partial charge in [0.2, 0.25) is 5.91 Å². The van der Waals surface area contributed by atoms with E-state index in [0.717, 1.165) is 24.8 Å². The van der Waals surface area contributed by atoms with Crippen LogP contribution in [0.2, 0.25) is 0 Å². The quantitative estimate of drug-likeness (QED) is 0.486. The molecule has 1 aromatic heterocycles. The van der Waals surface area contributed by atoms with Gasteiger partial charge in [0.15, 0.2) is 0 Å². The number of amides is 1. The number of thioether (sulfide) groups is 1. The fraction of sp³-hybridized carbons (Fsp3) is 0.393. The predicted molar refractivity (Wildman–Crippen MR) is 138 cm³/mol. The minimum atomic E-state index is -0.207. The van der Waals surface area contributed by atoms with E-state index in [0.29, 0.717) is 6.54 Å². The fourth-order valence-corrected chi connectivity index (χ4v) is 6.17. The number of carbonyl (C=O) groups is 1. The topological polar surface area (TPSA) is 46.1 Å². The van der Waals surface area contributed by atoms with Crippen molar-refractivity contribution in [3.8, 4) is 0 Å². The Balaban J connectivity index is 1.58. The molecule has 1 amide bonds. The maximum absolute atomic E-state index is 13.9. The summed E-state index contributed by atoms with van der Waals surface area (Å²) in [5.41, 5.74) is 7.15. The van der Waals surface area contributed by atoms with E-state index in [1.807, 2.05) is 19.9 Å². The van der Waals surface area contributed by atoms with E-state index in [-0.39, 0.29) is 28.6 Å². The van der Waals surface area contributed by atoms with Gasteiger partial charge in [0, 0.05) is 40.8 Å². The molecular weight excluding hydrogens is 445 g/mol. The highest BCUT2D eigenvalue weighted by Crippen LogP contribution is 2.42. The lowest BCUT2D eigenvalue weighted by molar-refractivity contribution is -0.124. The Bertz CT molecular complexity index is 1290. The number of aromatic nitrogens is 1. The van der Waals surface area contributed by atoms with Gasteiger partial charge in [-0.05, 0) is 79.5 Å². The van der Waals surface area contributed by atoms with E-state index in [9.17, 15) is 9.18 Å². The van der Waals surface area contributed by atoms with Crippen LogP contribution in [0.3, 0.4) is 0 Å². The SMILES string of the molecule is CC1=CSC(C)(c2ccc3c(c2)c2c(n3Cc3cccc(F)c3)CC[C@@H](NC(=O)C(C)C)C2)N1. The smallest absolute Gasteiger partial charge is 0.222 e. The lowest BCUT2D eigenvalue weighted by Gasteiger charge is -2.27. The van der Waals surface area contributed by atoms with Gasteiger partial charge in [-0.2, -0.15) is 0 Å². The first-order chi connectivity index (χ1) is 16.2. The van der Waals surface area contributed by atoms with Gasteiger partial charge in [-0.1, -0.05) is 43.8 Å². The predicted octanol–water partition coefficient (Wildman–Crippen LogP) is 5.83. The molecule has 1 aliphatic carbocycles. The highest BCUT2D eigenvalue weighted by atomic mass is 32.2. The van der Waals surface area contributed by atoms with Crippen LogP contribution in [0.1, 0.15) is 56.5 Å². The second kappa shape index (κ2) is 8.81. The number of rotatable bonds is 5. The van der Waals surface area contributed by atoms with Crippen LogP contribution in [0, 0.1) is 11.7 Å². The van der Waals surface area contributed by atoms with Crippen LogP contribution in [-0.2, 0) is 29.1 Å². The Morgan fingerprint density at radius 2 is 2.12 bits per heavy atom. The summed E-state index contributed by atoms with van der Waals surface area (Å²) in [5, 5.41) is 10.3. The van der Waals surface area contributed by atoms with E-state index in [4.69, 9.17) is 0 Å². The Labute approximate surface area is 205 Å². The summed E-state index contributed by atoms with van der Waals surface area (Å²) in [6, 6.07) is 13.7. The maximum atomic E-state index is 13.9. The molecule has 2 aromatic carbocycles. The monoisotopic (exact) mass is 477 g/mol. The second-order valence-corrected chi connectivity index (χ2v) is 11.3. The largest absolute Gasteiger partial charge is 0.370 e. The third kappa shape index (κ3) is 4.24. The molecule has 2 aliphatic rings. The zero-order chi connectivity index (χ0) is 24.0. The molecule has 34 heavy (non-hydrogen) atoms. The van der Waals surface area contributed by atoms with E-state index < -0.39 is 0 Å². The molecule has 2 heterocycles. The number of nitrogens with zero attached hydrogens (tertiary/aromatic N) is 1. The summed E-state index contributed by atoms with van der Waals surface area (Å²) in [6.45, 7) is 8.81. The van der Waals surface area contributed by atoms with Crippen molar-refractivity contribution in [1.82, 2.24) is 15.2 Å². The van der Waals surface area contributed by atoms with Gasteiger partial charge < -0.3 is 15.2 Å².